The van der Waals surface area contributed by atoms with Crippen LogP contribution in [0, 0.1) is 5.92 Å². The molecule has 1 heterocycles. The Bertz CT molecular complexity index is 538. The molecule has 4 nitrogen and oxygen atoms in total. The van der Waals surface area contributed by atoms with Gasteiger partial charge in [0.05, 0.1) is 0 Å². The molecule has 0 amide bonds. The Morgan fingerprint density at radius 3 is 2.90 bits per heavy atom. The molecule has 2 rings (SSSR count). The highest BCUT2D eigenvalue weighted by atomic mass is 79.9. The van der Waals surface area contributed by atoms with E-state index in [1.807, 2.05) is 10.7 Å². The van der Waals surface area contributed by atoms with Crippen molar-refractivity contribution in [2.75, 3.05) is 6.54 Å². The molecule has 1 aromatic heterocycles. The standard InChI is InChI=1S/C15H21BrN4/c1-2-6-20-15(18-11-19-20)9-13(10-17)7-12-4-3-5-14(16)8-12/h3-5,8,11,13H,2,6-7,9-10,17H2,1H3. The van der Waals surface area contributed by atoms with Crippen molar-refractivity contribution in [2.45, 2.75) is 32.7 Å². The molecule has 108 valence electrons. The fraction of sp³-hybridized carbons (Fsp3) is 0.467. The summed E-state index contributed by atoms with van der Waals surface area (Å²) in [5.74, 6) is 1.43. The van der Waals surface area contributed by atoms with Crippen molar-refractivity contribution in [3.05, 3.63) is 46.5 Å². The largest absolute Gasteiger partial charge is 0.330 e. The molecule has 0 saturated carbocycles. The van der Waals surface area contributed by atoms with Gasteiger partial charge in [-0.15, -0.1) is 0 Å². The van der Waals surface area contributed by atoms with E-state index in [0.717, 1.165) is 36.1 Å². The molecule has 5 heteroatoms. The molecule has 1 unspecified atom stereocenters. The van der Waals surface area contributed by atoms with Crippen molar-refractivity contribution >= 4 is 15.9 Å². The zero-order valence-electron chi connectivity index (χ0n) is 11.8. The van der Waals surface area contributed by atoms with Crippen molar-refractivity contribution in [1.29, 1.82) is 0 Å². The van der Waals surface area contributed by atoms with Crippen LogP contribution < -0.4 is 5.73 Å². The van der Waals surface area contributed by atoms with Crippen LogP contribution in [0.4, 0.5) is 0 Å². The van der Waals surface area contributed by atoms with Gasteiger partial charge in [-0.1, -0.05) is 35.0 Å². The first-order valence-corrected chi connectivity index (χ1v) is 7.83. The van der Waals surface area contributed by atoms with Gasteiger partial charge in [-0.3, -0.25) is 4.68 Å². The third kappa shape index (κ3) is 4.15. The number of hydrogen-bond donors (Lipinski definition) is 1. The zero-order valence-corrected chi connectivity index (χ0v) is 13.4. The number of nitrogens with zero attached hydrogens (tertiary/aromatic N) is 3. The second kappa shape index (κ2) is 7.55. The fourth-order valence-corrected chi connectivity index (χ4v) is 2.79. The Kier molecular flexibility index (Phi) is 5.73. The van der Waals surface area contributed by atoms with Crippen LogP contribution >= 0.6 is 15.9 Å². The second-order valence-electron chi connectivity index (χ2n) is 5.04. The normalized spacial score (nSPS) is 12.6. The molecular weight excluding hydrogens is 316 g/mol. The van der Waals surface area contributed by atoms with Gasteiger partial charge in [0.15, 0.2) is 0 Å². The molecular formula is C15H21BrN4. The summed E-state index contributed by atoms with van der Waals surface area (Å²) in [7, 11) is 0. The van der Waals surface area contributed by atoms with Crippen LogP contribution in [0.15, 0.2) is 35.1 Å². The average Bonchev–Trinajstić information content (AvgIpc) is 2.86. The van der Waals surface area contributed by atoms with Gasteiger partial charge in [0.2, 0.25) is 0 Å². The zero-order chi connectivity index (χ0) is 14.4. The second-order valence-corrected chi connectivity index (χ2v) is 5.95. The lowest BCUT2D eigenvalue weighted by atomic mass is 9.96. The average molecular weight is 337 g/mol. The van der Waals surface area contributed by atoms with Gasteiger partial charge in [-0.2, -0.15) is 5.10 Å². The van der Waals surface area contributed by atoms with Gasteiger partial charge < -0.3 is 5.73 Å². The highest BCUT2D eigenvalue weighted by molar-refractivity contribution is 9.10. The van der Waals surface area contributed by atoms with Gasteiger partial charge >= 0.3 is 0 Å². The first kappa shape index (κ1) is 15.2. The molecule has 2 N–H and O–H groups in total. The van der Waals surface area contributed by atoms with Crippen molar-refractivity contribution in [3.63, 3.8) is 0 Å². The van der Waals surface area contributed by atoms with Crippen LogP contribution in [-0.4, -0.2) is 21.3 Å². The van der Waals surface area contributed by atoms with Crippen molar-refractivity contribution < 1.29 is 0 Å². The lowest BCUT2D eigenvalue weighted by Crippen LogP contribution is -2.21. The van der Waals surface area contributed by atoms with Gasteiger partial charge in [-0.05, 0) is 43.0 Å². The molecule has 20 heavy (non-hydrogen) atoms. The molecule has 0 aliphatic carbocycles. The Hall–Kier alpha value is -1.20. The summed E-state index contributed by atoms with van der Waals surface area (Å²) in [4.78, 5) is 4.37. The van der Waals surface area contributed by atoms with Crippen molar-refractivity contribution in [2.24, 2.45) is 11.7 Å². The number of aromatic nitrogens is 3. The van der Waals surface area contributed by atoms with Gasteiger partial charge in [0, 0.05) is 17.4 Å². The quantitative estimate of drug-likeness (QED) is 0.845. The minimum atomic E-state index is 0.393. The number of benzene rings is 1. The summed E-state index contributed by atoms with van der Waals surface area (Å²) < 4.78 is 3.10. The van der Waals surface area contributed by atoms with E-state index in [2.05, 4.69) is 51.1 Å². The predicted octanol–water partition coefficient (Wildman–Crippen LogP) is 2.81. The topological polar surface area (TPSA) is 56.7 Å². The molecule has 0 fully saturated rings. The van der Waals surface area contributed by atoms with Gasteiger partial charge in [0.1, 0.15) is 12.2 Å². The number of rotatable bonds is 7. The van der Waals surface area contributed by atoms with Gasteiger partial charge in [-0.25, -0.2) is 4.98 Å². The molecule has 1 atom stereocenters. The van der Waals surface area contributed by atoms with E-state index < -0.39 is 0 Å². The number of aryl methyl sites for hydroxylation is 1. The fourth-order valence-electron chi connectivity index (χ4n) is 2.34. The van der Waals surface area contributed by atoms with Crippen LogP contribution in [0.25, 0.3) is 0 Å². The molecule has 0 radical (unpaired) electrons. The minimum Gasteiger partial charge on any atom is -0.330 e. The Morgan fingerprint density at radius 1 is 1.35 bits per heavy atom. The van der Waals surface area contributed by atoms with Crippen LogP contribution in [0.1, 0.15) is 24.7 Å². The Morgan fingerprint density at radius 2 is 2.20 bits per heavy atom. The molecule has 0 aliphatic rings. The third-order valence-electron chi connectivity index (χ3n) is 3.35. The summed E-state index contributed by atoms with van der Waals surface area (Å²) in [5, 5.41) is 4.27. The summed E-state index contributed by atoms with van der Waals surface area (Å²) in [6.07, 6.45) is 4.55. The van der Waals surface area contributed by atoms with Crippen molar-refractivity contribution in [1.82, 2.24) is 14.8 Å². The summed E-state index contributed by atoms with van der Waals surface area (Å²) in [6.45, 7) is 3.72. The number of halogens is 1. The van der Waals surface area contributed by atoms with E-state index in [1.165, 1.54) is 5.56 Å². The van der Waals surface area contributed by atoms with E-state index in [0.29, 0.717) is 12.5 Å². The lowest BCUT2D eigenvalue weighted by Gasteiger charge is -2.15. The van der Waals surface area contributed by atoms with E-state index >= 15 is 0 Å². The maximum atomic E-state index is 5.93. The molecule has 1 aromatic carbocycles. The molecule has 2 aromatic rings. The maximum absolute atomic E-state index is 5.93. The SMILES string of the molecule is CCCn1ncnc1CC(CN)Cc1cccc(Br)c1. The molecule has 0 aliphatic heterocycles. The minimum absolute atomic E-state index is 0.393. The van der Waals surface area contributed by atoms with E-state index in [4.69, 9.17) is 5.73 Å². The highest BCUT2D eigenvalue weighted by Crippen LogP contribution is 2.17. The summed E-state index contributed by atoms with van der Waals surface area (Å²) in [6, 6.07) is 8.40. The maximum Gasteiger partial charge on any atom is 0.138 e. The molecule has 0 spiro atoms. The van der Waals surface area contributed by atoms with Gasteiger partial charge in [0.25, 0.3) is 0 Å². The monoisotopic (exact) mass is 336 g/mol. The predicted molar refractivity (Wildman–Crippen MR) is 84.4 cm³/mol. The smallest absolute Gasteiger partial charge is 0.138 e. The van der Waals surface area contributed by atoms with Crippen molar-refractivity contribution in [3.8, 4) is 0 Å². The van der Waals surface area contributed by atoms with Crippen LogP contribution in [0.2, 0.25) is 0 Å². The van der Waals surface area contributed by atoms with Crippen LogP contribution in [-0.2, 0) is 19.4 Å². The first-order chi connectivity index (χ1) is 9.72. The highest BCUT2D eigenvalue weighted by Gasteiger charge is 2.13. The summed E-state index contributed by atoms with van der Waals surface area (Å²) in [5.41, 5.74) is 7.23. The first-order valence-electron chi connectivity index (χ1n) is 7.04. The Labute approximate surface area is 128 Å². The Balaban J connectivity index is 2.03. The lowest BCUT2D eigenvalue weighted by molar-refractivity contribution is 0.483. The van der Waals surface area contributed by atoms with E-state index in [-0.39, 0.29) is 0 Å². The number of hydrogen-bond acceptors (Lipinski definition) is 3. The van der Waals surface area contributed by atoms with E-state index in [9.17, 15) is 0 Å². The van der Waals surface area contributed by atoms with Crippen LogP contribution in [0.5, 0.6) is 0 Å². The molecule has 0 saturated heterocycles. The van der Waals surface area contributed by atoms with E-state index in [1.54, 1.807) is 6.33 Å². The van der Waals surface area contributed by atoms with Crippen LogP contribution in [0.3, 0.4) is 0 Å². The number of nitrogens with two attached hydrogens (primary N) is 1. The summed E-state index contributed by atoms with van der Waals surface area (Å²) >= 11 is 3.51. The molecule has 0 bridgehead atoms. The third-order valence-corrected chi connectivity index (χ3v) is 3.84.